The molecule has 164 valence electrons. The van der Waals surface area contributed by atoms with E-state index in [2.05, 4.69) is 85.4 Å². The molecule has 2 aliphatic rings. The number of allylic oxidation sites excluding steroid dienone is 2. The number of fused-ring (bicyclic) bond motifs is 3. The summed E-state index contributed by atoms with van der Waals surface area (Å²) < 4.78 is 0. The summed E-state index contributed by atoms with van der Waals surface area (Å²) in [7, 11) is 0. The fourth-order valence-corrected chi connectivity index (χ4v) is 5.48. The number of hydrogen-bond acceptors (Lipinski definition) is 4. The number of ketones is 1. The summed E-state index contributed by atoms with van der Waals surface area (Å²) in [6.07, 6.45) is 3.30. The largest absolute Gasteiger partial charge is 0.372 e. The summed E-state index contributed by atoms with van der Waals surface area (Å²) in [6.45, 7) is 10.7. The first-order valence-corrected chi connectivity index (χ1v) is 11.7. The van der Waals surface area contributed by atoms with Gasteiger partial charge in [-0.1, -0.05) is 32.0 Å². The van der Waals surface area contributed by atoms with E-state index >= 15 is 0 Å². The molecule has 0 saturated heterocycles. The maximum atomic E-state index is 13.5. The fourth-order valence-electron chi connectivity index (χ4n) is 5.48. The lowest BCUT2D eigenvalue weighted by Crippen LogP contribution is -2.34. The Balaban J connectivity index is 1.72. The average Bonchev–Trinajstić information content (AvgIpc) is 2.78. The quantitative estimate of drug-likeness (QED) is 0.534. The first-order chi connectivity index (χ1) is 15.4. The van der Waals surface area contributed by atoms with Crippen LogP contribution in [-0.4, -0.2) is 23.9 Å². The summed E-state index contributed by atoms with van der Waals surface area (Å²) in [5.74, 6) is 0.177. The molecular formula is C28H31N3O. The van der Waals surface area contributed by atoms with Crippen LogP contribution in [0.25, 0.3) is 10.9 Å². The van der Waals surface area contributed by atoms with Gasteiger partial charge in [0.05, 0.1) is 5.52 Å². The van der Waals surface area contributed by atoms with E-state index in [0.29, 0.717) is 6.42 Å². The van der Waals surface area contributed by atoms with Crippen LogP contribution in [0.15, 0.2) is 66.0 Å². The van der Waals surface area contributed by atoms with E-state index in [4.69, 9.17) is 0 Å². The Labute approximate surface area is 190 Å². The molecular weight excluding hydrogens is 394 g/mol. The molecule has 0 bridgehead atoms. The van der Waals surface area contributed by atoms with Crippen molar-refractivity contribution in [3.05, 3.63) is 77.1 Å². The number of nitrogens with zero attached hydrogens (tertiary/aromatic N) is 2. The van der Waals surface area contributed by atoms with Crippen LogP contribution < -0.4 is 10.2 Å². The summed E-state index contributed by atoms with van der Waals surface area (Å²) in [5, 5.41) is 4.76. The van der Waals surface area contributed by atoms with Gasteiger partial charge in [0.15, 0.2) is 5.78 Å². The Bertz CT molecular complexity index is 1220. The van der Waals surface area contributed by atoms with Gasteiger partial charge in [-0.15, -0.1) is 0 Å². The highest BCUT2D eigenvalue weighted by Gasteiger charge is 2.41. The molecule has 2 aromatic carbocycles. The second-order valence-electron chi connectivity index (χ2n) is 9.75. The summed E-state index contributed by atoms with van der Waals surface area (Å²) >= 11 is 0. The van der Waals surface area contributed by atoms with Crippen LogP contribution in [0.3, 0.4) is 0 Å². The van der Waals surface area contributed by atoms with Gasteiger partial charge in [-0.05, 0) is 67.1 Å². The van der Waals surface area contributed by atoms with Crippen LogP contribution in [0.5, 0.6) is 0 Å². The number of benzene rings is 2. The molecule has 1 aliphatic heterocycles. The summed E-state index contributed by atoms with van der Waals surface area (Å²) in [4.78, 5) is 20.5. The number of rotatable bonds is 4. The standard InChI is InChI=1S/C28H31N3O/c1-5-31(6-2)19-11-9-18(10-12-19)25-26-20-8-7-15-29-21(20)13-14-22(26)30-23-16-28(3,4)17-24(32)27(23)25/h7-15,25,30H,5-6,16-17H2,1-4H3/t25-/m0/s1. The van der Waals surface area contributed by atoms with Crippen LogP contribution in [0.4, 0.5) is 11.4 Å². The van der Waals surface area contributed by atoms with E-state index in [1.807, 2.05) is 12.3 Å². The lowest BCUT2D eigenvalue weighted by atomic mass is 9.68. The van der Waals surface area contributed by atoms with Crippen LogP contribution in [0, 0.1) is 5.41 Å². The minimum Gasteiger partial charge on any atom is -0.372 e. The first-order valence-electron chi connectivity index (χ1n) is 11.7. The maximum Gasteiger partial charge on any atom is 0.162 e. The number of carbonyl (C=O) groups excluding carboxylic acids is 1. The Morgan fingerprint density at radius 1 is 1.03 bits per heavy atom. The van der Waals surface area contributed by atoms with E-state index in [9.17, 15) is 4.79 Å². The molecule has 32 heavy (non-hydrogen) atoms. The van der Waals surface area contributed by atoms with E-state index < -0.39 is 0 Å². The first kappa shape index (κ1) is 20.7. The van der Waals surface area contributed by atoms with Crippen molar-refractivity contribution in [1.29, 1.82) is 0 Å². The summed E-state index contributed by atoms with van der Waals surface area (Å²) in [5.41, 5.74) is 7.59. The molecule has 0 fully saturated rings. The highest BCUT2D eigenvalue weighted by Crippen LogP contribution is 2.50. The lowest BCUT2D eigenvalue weighted by molar-refractivity contribution is -0.118. The summed E-state index contributed by atoms with van der Waals surface area (Å²) in [6, 6.07) is 17.1. The van der Waals surface area contributed by atoms with Crippen molar-refractivity contribution in [2.45, 2.75) is 46.5 Å². The van der Waals surface area contributed by atoms with Crippen molar-refractivity contribution < 1.29 is 4.79 Å². The van der Waals surface area contributed by atoms with Crippen molar-refractivity contribution in [1.82, 2.24) is 4.98 Å². The molecule has 0 amide bonds. The molecule has 1 atom stereocenters. The third-order valence-corrected chi connectivity index (χ3v) is 6.96. The zero-order valence-electron chi connectivity index (χ0n) is 19.4. The number of pyridine rings is 1. The van der Waals surface area contributed by atoms with Gasteiger partial charge in [-0.25, -0.2) is 0 Å². The number of nitrogens with one attached hydrogen (secondary N) is 1. The fraction of sp³-hybridized carbons (Fsp3) is 0.357. The molecule has 0 saturated carbocycles. The molecule has 1 N–H and O–H groups in total. The lowest BCUT2D eigenvalue weighted by Gasteiger charge is -2.40. The Hall–Kier alpha value is -3.14. The van der Waals surface area contributed by atoms with Gasteiger partial charge in [0.2, 0.25) is 0 Å². The van der Waals surface area contributed by atoms with Crippen molar-refractivity contribution in [3.63, 3.8) is 0 Å². The monoisotopic (exact) mass is 425 g/mol. The molecule has 4 nitrogen and oxygen atoms in total. The smallest absolute Gasteiger partial charge is 0.162 e. The third kappa shape index (κ3) is 3.38. The number of aromatic nitrogens is 1. The molecule has 1 aliphatic carbocycles. The topological polar surface area (TPSA) is 45.2 Å². The molecule has 4 heteroatoms. The van der Waals surface area contributed by atoms with Crippen LogP contribution in [-0.2, 0) is 4.79 Å². The SMILES string of the molecule is CCN(CC)c1ccc([C@@H]2C3=C(CC(C)(C)CC3=O)Nc3ccc4ncccc4c32)cc1. The third-order valence-electron chi connectivity index (χ3n) is 6.96. The van der Waals surface area contributed by atoms with Gasteiger partial charge in [0.25, 0.3) is 0 Å². The zero-order chi connectivity index (χ0) is 22.5. The van der Waals surface area contributed by atoms with E-state index in [-0.39, 0.29) is 17.1 Å². The predicted octanol–water partition coefficient (Wildman–Crippen LogP) is 6.28. The molecule has 2 heterocycles. The van der Waals surface area contributed by atoms with Crippen LogP contribution in [0.1, 0.15) is 57.6 Å². The van der Waals surface area contributed by atoms with Crippen molar-refractivity contribution in [3.8, 4) is 0 Å². The molecule has 0 unspecified atom stereocenters. The number of carbonyl (C=O) groups is 1. The normalized spacial score (nSPS) is 19.4. The second-order valence-corrected chi connectivity index (χ2v) is 9.75. The molecule has 0 radical (unpaired) electrons. The molecule has 0 spiro atoms. The number of hydrogen-bond donors (Lipinski definition) is 1. The molecule has 1 aromatic heterocycles. The Morgan fingerprint density at radius 3 is 2.50 bits per heavy atom. The average molecular weight is 426 g/mol. The van der Waals surface area contributed by atoms with Gasteiger partial charge in [0, 0.05) is 59.7 Å². The highest BCUT2D eigenvalue weighted by molar-refractivity contribution is 6.04. The minimum atomic E-state index is -0.0801. The second kappa shape index (κ2) is 7.77. The molecule has 5 rings (SSSR count). The number of anilines is 2. The van der Waals surface area contributed by atoms with Crippen LogP contribution in [0.2, 0.25) is 0 Å². The van der Waals surface area contributed by atoms with Gasteiger partial charge in [-0.2, -0.15) is 0 Å². The maximum absolute atomic E-state index is 13.5. The van der Waals surface area contributed by atoms with Gasteiger partial charge < -0.3 is 10.2 Å². The van der Waals surface area contributed by atoms with E-state index in [1.54, 1.807) is 0 Å². The zero-order valence-corrected chi connectivity index (χ0v) is 19.4. The van der Waals surface area contributed by atoms with Gasteiger partial charge in [0.1, 0.15) is 0 Å². The highest BCUT2D eigenvalue weighted by atomic mass is 16.1. The Kier molecular flexibility index (Phi) is 5.04. The Morgan fingerprint density at radius 2 is 1.78 bits per heavy atom. The predicted molar refractivity (Wildman–Crippen MR) is 132 cm³/mol. The van der Waals surface area contributed by atoms with Gasteiger partial charge >= 0.3 is 0 Å². The van der Waals surface area contributed by atoms with E-state index in [1.165, 1.54) is 11.3 Å². The van der Waals surface area contributed by atoms with Gasteiger partial charge in [-0.3, -0.25) is 9.78 Å². The minimum absolute atomic E-state index is 0.0318. The van der Waals surface area contributed by atoms with Crippen molar-refractivity contribution in [2.24, 2.45) is 5.41 Å². The van der Waals surface area contributed by atoms with Crippen molar-refractivity contribution >= 4 is 28.1 Å². The van der Waals surface area contributed by atoms with E-state index in [0.717, 1.165) is 52.9 Å². The van der Waals surface area contributed by atoms with Crippen molar-refractivity contribution in [2.75, 3.05) is 23.3 Å². The number of Topliss-reactive ketones (excluding diaryl/α,β-unsaturated/α-hetero) is 1. The molecule has 3 aromatic rings. The van der Waals surface area contributed by atoms with Crippen LogP contribution >= 0.6 is 0 Å².